The number of fused-ring (bicyclic) bond motifs is 3. The summed E-state index contributed by atoms with van der Waals surface area (Å²) in [4.78, 5) is 32.6. The Balaban J connectivity index is 0.000000289. The number of nitrogens with zero attached hydrogens (tertiary/aromatic N) is 2. The number of anilines is 1. The first kappa shape index (κ1) is 24.9. The van der Waals surface area contributed by atoms with Gasteiger partial charge in [-0.05, 0) is 42.5 Å². The molecule has 4 rings (SSSR count). The van der Waals surface area contributed by atoms with Crippen LogP contribution < -0.4 is 16.2 Å². The van der Waals surface area contributed by atoms with E-state index in [-0.39, 0.29) is 36.2 Å². The third-order valence-corrected chi connectivity index (χ3v) is 5.65. The van der Waals surface area contributed by atoms with Crippen LogP contribution in [0.5, 0.6) is 0 Å². The molecule has 2 aromatic heterocycles. The van der Waals surface area contributed by atoms with Crippen LogP contribution in [0.15, 0.2) is 29.1 Å². The Morgan fingerprint density at radius 3 is 2.45 bits per heavy atom. The fraction of sp³-hybridized carbons (Fsp3) is 0.316. The lowest BCUT2D eigenvalue weighted by Gasteiger charge is -2.11. The molecule has 1 aliphatic rings. The van der Waals surface area contributed by atoms with Gasteiger partial charge in [0.15, 0.2) is 0 Å². The number of aryl methyl sites for hydroxylation is 2. The van der Waals surface area contributed by atoms with E-state index in [1.165, 1.54) is 27.5 Å². The molecule has 4 N–H and O–H groups in total. The van der Waals surface area contributed by atoms with E-state index in [0.29, 0.717) is 16.8 Å². The summed E-state index contributed by atoms with van der Waals surface area (Å²) < 4.78 is 0. The molecule has 10 heteroatoms. The number of carboxylic acid groups (broad SMARTS) is 1. The molecule has 0 fully saturated rings. The maximum absolute atomic E-state index is 11.8. The van der Waals surface area contributed by atoms with E-state index in [1.54, 1.807) is 0 Å². The molecule has 0 saturated carbocycles. The summed E-state index contributed by atoms with van der Waals surface area (Å²) >= 11 is 1.44. The molecule has 0 radical (unpaired) electrons. The first-order valence-corrected chi connectivity index (χ1v) is 9.46. The summed E-state index contributed by atoms with van der Waals surface area (Å²) in [6.07, 6.45) is 2.93. The van der Waals surface area contributed by atoms with Crippen molar-refractivity contribution in [2.45, 2.75) is 25.8 Å². The second-order valence-electron chi connectivity index (χ2n) is 6.52. The molecule has 3 aromatic rings. The highest BCUT2D eigenvalue weighted by Gasteiger charge is 2.22. The molecule has 0 aliphatic heterocycles. The number of hydrogen-bond donors (Lipinski definition) is 3. The minimum Gasteiger partial charge on any atom is -0.475 e. The van der Waals surface area contributed by atoms with Crippen LogP contribution in [0.4, 0.5) is 5.69 Å². The molecule has 1 aromatic carbocycles. The monoisotopic (exact) mass is 458 g/mol. The van der Waals surface area contributed by atoms with E-state index in [1.807, 2.05) is 14.1 Å². The first-order chi connectivity index (χ1) is 12.9. The van der Waals surface area contributed by atoms with Crippen LogP contribution in [-0.2, 0) is 19.4 Å². The van der Waals surface area contributed by atoms with Gasteiger partial charge in [-0.3, -0.25) is 4.79 Å². The van der Waals surface area contributed by atoms with Crippen LogP contribution in [-0.4, -0.2) is 35.1 Å². The van der Waals surface area contributed by atoms with Gasteiger partial charge in [0.05, 0.1) is 5.39 Å². The summed E-state index contributed by atoms with van der Waals surface area (Å²) in [6.45, 7) is 0.619. The number of carboxylic acids is 1. The molecule has 7 nitrogen and oxygen atoms in total. The molecule has 0 amide bonds. The number of rotatable bonds is 3. The van der Waals surface area contributed by atoms with Crippen LogP contribution in [0.2, 0.25) is 0 Å². The van der Waals surface area contributed by atoms with E-state index in [0.717, 1.165) is 24.8 Å². The second-order valence-corrected chi connectivity index (χ2v) is 7.61. The van der Waals surface area contributed by atoms with Gasteiger partial charge in [0.2, 0.25) is 5.82 Å². The topological polar surface area (TPSA) is 112 Å². The molecule has 0 spiro atoms. The van der Waals surface area contributed by atoms with Gasteiger partial charge < -0.3 is 20.7 Å². The van der Waals surface area contributed by atoms with E-state index in [4.69, 9.17) is 10.8 Å². The highest BCUT2D eigenvalue weighted by Crippen LogP contribution is 2.34. The first-order valence-electron chi connectivity index (χ1n) is 8.65. The van der Waals surface area contributed by atoms with Gasteiger partial charge in [-0.1, -0.05) is 12.1 Å². The number of aromatic carboxylic acids is 1. The van der Waals surface area contributed by atoms with E-state index in [9.17, 15) is 9.59 Å². The largest absolute Gasteiger partial charge is 0.475 e. The lowest BCUT2D eigenvalue weighted by atomic mass is 10.2. The van der Waals surface area contributed by atoms with Crippen molar-refractivity contribution in [3.8, 4) is 0 Å². The average molecular weight is 459 g/mol. The average Bonchev–Trinajstić information content (AvgIpc) is 3.22. The van der Waals surface area contributed by atoms with E-state index >= 15 is 0 Å². The van der Waals surface area contributed by atoms with Gasteiger partial charge in [-0.15, -0.1) is 36.2 Å². The summed E-state index contributed by atoms with van der Waals surface area (Å²) in [5, 5.41) is 9.37. The SMILES string of the molecule is CN(C)c1ccc(CN)cc1.Cl.Cl.O=C(O)c1nc2sc3c(c2c(=O)[nH]1)CCC3. The Kier molecular flexibility index (Phi) is 9.10. The number of hydrogen-bond acceptors (Lipinski definition) is 6. The highest BCUT2D eigenvalue weighted by atomic mass is 35.5. The van der Waals surface area contributed by atoms with Gasteiger partial charge in [-0.2, -0.15) is 0 Å². The van der Waals surface area contributed by atoms with Crippen molar-refractivity contribution in [1.82, 2.24) is 9.97 Å². The zero-order valence-electron chi connectivity index (χ0n) is 16.1. The maximum Gasteiger partial charge on any atom is 0.372 e. The zero-order chi connectivity index (χ0) is 19.6. The van der Waals surface area contributed by atoms with Gasteiger partial charge in [0.1, 0.15) is 4.83 Å². The Labute approximate surface area is 184 Å². The third kappa shape index (κ3) is 5.48. The van der Waals surface area contributed by atoms with Crippen molar-refractivity contribution in [3.05, 3.63) is 56.4 Å². The molecule has 0 unspecified atom stereocenters. The molecule has 29 heavy (non-hydrogen) atoms. The van der Waals surface area contributed by atoms with Crippen LogP contribution >= 0.6 is 36.2 Å². The summed E-state index contributed by atoms with van der Waals surface area (Å²) in [6, 6.07) is 8.25. The van der Waals surface area contributed by atoms with Crippen molar-refractivity contribution < 1.29 is 9.90 Å². The van der Waals surface area contributed by atoms with Crippen LogP contribution in [0, 0.1) is 0 Å². The van der Waals surface area contributed by atoms with Gasteiger partial charge in [0, 0.05) is 31.2 Å². The van der Waals surface area contributed by atoms with Crippen molar-refractivity contribution in [2.75, 3.05) is 19.0 Å². The highest BCUT2D eigenvalue weighted by molar-refractivity contribution is 7.18. The number of aromatic amines is 1. The van der Waals surface area contributed by atoms with Crippen LogP contribution in [0.25, 0.3) is 10.2 Å². The number of H-pyrrole nitrogens is 1. The molecule has 2 heterocycles. The number of benzene rings is 1. The van der Waals surface area contributed by atoms with Crippen molar-refractivity contribution in [2.24, 2.45) is 5.73 Å². The third-order valence-electron chi connectivity index (χ3n) is 4.47. The second kappa shape index (κ2) is 10.6. The summed E-state index contributed by atoms with van der Waals surface area (Å²) in [5.41, 5.74) is 8.58. The van der Waals surface area contributed by atoms with Crippen LogP contribution in [0.1, 0.15) is 33.0 Å². The molecule has 0 saturated heterocycles. The Hall–Kier alpha value is -2.13. The minimum absolute atomic E-state index is 0. The van der Waals surface area contributed by atoms with E-state index < -0.39 is 5.97 Å². The number of aromatic nitrogens is 2. The zero-order valence-corrected chi connectivity index (χ0v) is 18.5. The number of nitrogens with one attached hydrogen (secondary N) is 1. The summed E-state index contributed by atoms with van der Waals surface area (Å²) in [7, 11) is 4.05. The van der Waals surface area contributed by atoms with Gasteiger partial charge in [0.25, 0.3) is 5.56 Å². The number of nitrogens with two attached hydrogens (primary N) is 1. The molecule has 158 valence electrons. The number of halogens is 2. The van der Waals surface area contributed by atoms with E-state index in [2.05, 4.69) is 39.1 Å². The standard InChI is InChI=1S/C10H8N2O3S.C9H14N2.2ClH/c13-8-6-4-2-1-3-5(4)16-9(6)12-7(11-8)10(14)15;1-11(2)9-5-3-8(7-10)4-6-9;;/h1-3H2,(H,14,15)(H,11,12,13);3-6H,7,10H2,1-2H3;2*1H. The Bertz CT molecular complexity index is 1030. The smallest absolute Gasteiger partial charge is 0.372 e. The predicted molar refractivity (Wildman–Crippen MR) is 122 cm³/mol. The predicted octanol–water partition coefficient (Wildman–Crippen LogP) is 3.23. The molecule has 0 bridgehead atoms. The lowest BCUT2D eigenvalue weighted by molar-refractivity contribution is 0.0683. The summed E-state index contributed by atoms with van der Waals surface area (Å²) in [5.74, 6) is -1.48. The Morgan fingerprint density at radius 2 is 1.90 bits per heavy atom. The molecular weight excluding hydrogens is 435 g/mol. The van der Waals surface area contributed by atoms with Gasteiger partial charge >= 0.3 is 5.97 Å². The lowest BCUT2D eigenvalue weighted by Crippen LogP contribution is -2.15. The molecular formula is C19H24Cl2N4O3S. The van der Waals surface area contributed by atoms with Gasteiger partial charge in [-0.25, -0.2) is 9.78 Å². The van der Waals surface area contributed by atoms with Crippen LogP contribution in [0.3, 0.4) is 0 Å². The normalized spacial score (nSPS) is 11.6. The fourth-order valence-electron chi connectivity index (χ4n) is 3.03. The number of thiophene rings is 1. The van der Waals surface area contributed by atoms with Crippen molar-refractivity contribution in [1.29, 1.82) is 0 Å². The number of carbonyl (C=O) groups is 1. The van der Waals surface area contributed by atoms with Crippen molar-refractivity contribution >= 4 is 58.0 Å². The molecule has 1 aliphatic carbocycles. The van der Waals surface area contributed by atoms with Crippen molar-refractivity contribution in [3.63, 3.8) is 0 Å². The fourth-order valence-corrected chi connectivity index (χ4v) is 4.30. The minimum atomic E-state index is -1.20. The Morgan fingerprint density at radius 1 is 1.24 bits per heavy atom. The maximum atomic E-state index is 11.8. The molecule has 0 atom stereocenters. The quantitative estimate of drug-likeness (QED) is 0.555.